The first kappa shape index (κ1) is 14.1. The molecule has 0 aromatic carbocycles. The van der Waals surface area contributed by atoms with Gasteiger partial charge in [0.25, 0.3) is 5.91 Å². The fourth-order valence-electron chi connectivity index (χ4n) is 3.13. The molecule has 6 nitrogen and oxygen atoms in total. The van der Waals surface area contributed by atoms with Gasteiger partial charge in [0.1, 0.15) is 12.4 Å². The minimum absolute atomic E-state index is 0.0832. The van der Waals surface area contributed by atoms with Gasteiger partial charge in [-0.15, -0.1) is 0 Å². The Bertz CT molecular complexity index is 548. The lowest BCUT2D eigenvalue weighted by Crippen LogP contribution is -2.29. The molecule has 1 aliphatic carbocycles. The van der Waals surface area contributed by atoms with Crippen LogP contribution in [0.15, 0.2) is 16.5 Å². The topological polar surface area (TPSA) is 80.0 Å². The normalized spacial score (nSPS) is 25.3. The van der Waals surface area contributed by atoms with Gasteiger partial charge in [0.15, 0.2) is 5.76 Å². The van der Waals surface area contributed by atoms with Crippen LogP contribution in [0.3, 0.4) is 0 Å². The van der Waals surface area contributed by atoms with Crippen LogP contribution in [0.4, 0.5) is 0 Å². The monoisotopic (exact) mass is 293 g/mol. The third-order valence-corrected chi connectivity index (χ3v) is 4.36. The lowest BCUT2D eigenvalue weighted by atomic mass is 9.92. The second-order valence-electron chi connectivity index (χ2n) is 5.86. The van der Waals surface area contributed by atoms with Gasteiger partial charge in [0.2, 0.25) is 0 Å². The van der Waals surface area contributed by atoms with Gasteiger partial charge in [-0.2, -0.15) is 0 Å². The molecule has 2 fully saturated rings. The number of methoxy groups -OCH3 is 1. The smallest absolute Gasteiger partial charge is 0.308 e. The summed E-state index contributed by atoms with van der Waals surface area (Å²) in [5.74, 6) is -0.0936. The second-order valence-corrected chi connectivity index (χ2v) is 5.86. The van der Waals surface area contributed by atoms with E-state index >= 15 is 0 Å². The Labute approximate surface area is 122 Å². The Kier molecular flexibility index (Phi) is 3.71. The molecule has 2 aliphatic rings. The summed E-state index contributed by atoms with van der Waals surface area (Å²) < 4.78 is 10.4. The van der Waals surface area contributed by atoms with Gasteiger partial charge in [-0.3, -0.25) is 9.59 Å². The third-order valence-electron chi connectivity index (χ3n) is 4.36. The van der Waals surface area contributed by atoms with Crippen molar-refractivity contribution in [2.24, 2.45) is 17.8 Å². The average molecular weight is 293 g/mol. The highest BCUT2D eigenvalue weighted by Crippen LogP contribution is 2.44. The third kappa shape index (κ3) is 2.81. The number of likely N-dealkylation sites (tertiary alicyclic amines) is 1. The number of ether oxygens (including phenoxy) is 1. The van der Waals surface area contributed by atoms with Crippen molar-refractivity contribution in [3.63, 3.8) is 0 Å². The molecule has 114 valence electrons. The molecule has 1 aromatic heterocycles. The van der Waals surface area contributed by atoms with Crippen LogP contribution < -0.4 is 0 Å². The first-order chi connectivity index (χ1) is 10.1. The standard InChI is InChI=1S/C15H19NO5/c1-20-8-10-4-5-13(21-10)14(17)16-6-11(9-2-3-9)12(7-16)15(18)19/h4-5,9,11-12H,2-3,6-8H2,1H3,(H,18,19)/t11-,12+/m0/s1. The van der Waals surface area contributed by atoms with Crippen molar-refractivity contribution in [3.05, 3.63) is 23.7 Å². The number of hydrogen-bond acceptors (Lipinski definition) is 4. The number of furan rings is 1. The molecule has 1 amide bonds. The number of hydrogen-bond donors (Lipinski definition) is 1. The van der Waals surface area contributed by atoms with Gasteiger partial charge in [0, 0.05) is 20.2 Å². The minimum atomic E-state index is -0.804. The van der Waals surface area contributed by atoms with E-state index in [1.54, 1.807) is 24.1 Å². The van der Waals surface area contributed by atoms with Crippen LogP contribution in [0.5, 0.6) is 0 Å². The summed E-state index contributed by atoms with van der Waals surface area (Å²) in [4.78, 5) is 25.4. The number of aliphatic carboxylic acids is 1. The minimum Gasteiger partial charge on any atom is -0.481 e. The largest absolute Gasteiger partial charge is 0.481 e. The van der Waals surface area contributed by atoms with Crippen molar-refractivity contribution in [2.45, 2.75) is 19.4 Å². The first-order valence-corrected chi connectivity index (χ1v) is 7.20. The average Bonchev–Trinajstić information content (AvgIpc) is 3.02. The molecule has 1 aromatic rings. The van der Waals surface area contributed by atoms with Crippen molar-refractivity contribution in [1.82, 2.24) is 4.90 Å². The van der Waals surface area contributed by atoms with Crippen molar-refractivity contribution < 1.29 is 23.8 Å². The van der Waals surface area contributed by atoms with E-state index in [0.717, 1.165) is 12.8 Å². The van der Waals surface area contributed by atoms with E-state index in [1.807, 2.05) is 0 Å². The summed E-state index contributed by atoms with van der Waals surface area (Å²) in [6.07, 6.45) is 2.16. The SMILES string of the molecule is COCc1ccc(C(=O)N2C[C@@H](C(=O)O)[C@H](C3CC3)C2)o1. The fraction of sp³-hybridized carbons (Fsp3) is 0.600. The van der Waals surface area contributed by atoms with Gasteiger partial charge in [0.05, 0.1) is 5.92 Å². The Morgan fingerprint density at radius 1 is 1.38 bits per heavy atom. The van der Waals surface area contributed by atoms with Crippen molar-refractivity contribution >= 4 is 11.9 Å². The van der Waals surface area contributed by atoms with Crippen LogP contribution in [0.1, 0.15) is 29.2 Å². The lowest BCUT2D eigenvalue weighted by Gasteiger charge is -2.14. The van der Waals surface area contributed by atoms with Gasteiger partial charge in [-0.25, -0.2) is 0 Å². The highest BCUT2D eigenvalue weighted by atomic mass is 16.5. The highest BCUT2D eigenvalue weighted by Gasteiger charge is 2.47. The van der Waals surface area contributed by atoms with Crippen molar-refractivity contribution in [3.8, 4) is 0 Å². The molecule has 2 heterocycles. The van der Waals surface area contributed by atoms with Gasteiger partial charge >= 0.3 is 5.97 Å². The van der Waals surface area contributed by atoms with E-state index in [4.69, 9.17) is 9.15 Å². The highest BCUT2D eigenvalue weighted by molar-refractivity contribution is 5.92. The molecule has 0 spiro atoms. The molecule has 21 heavy (non-hydrogen) atoms. The molecule has 0 unspecified atom stereocenters. The fourth-order valence-corrected chi connectivity index (χ4v) is 3.13. The second kappa shape index (κ2) is 5.52. The number of amides is 1. The number of nitrogens with zero attached hydrogens (tertiary/aromatic N) is 1. The quantitative estimate of drug-likeness (QED) is 0.892. The van der Waals surface area contributed by atoms with Gasteiger partial charge in [-0.1, -0.05) is 0 Å². The van der Waals surface area contributed by atoms with E-state index in [0.29, 0.717) is 24.8 Å². The molecule has 3 rings (SSSR count). The molecule has 6 heteroatoms. The molecular formula is C15H19NO5. The number of rotatable bonds is 5. The number of carboxylic acids is 1. The molecule has 1 saturated carbocycles. The molecule has 1 aliphatic heterocycles. The maximum Gasteiger partial charge on any atom is 0.308 e. The maximum absolute atomic E-state index is 12.4. The Morgan fingerprint density at radius 3 is 2.76 bits per heavy atom. The van der Waals surface area contributed by atoms with Crippen molar-refractivity contribution in [1.29, 1.82) is 0 Å². The van der Waals surface area contributed by atoms with E-state index in [2.05, 4.69) is 0 Å². The summed E-state index contributed by atoms with van der Waals surface area (Å²) in [6.45, 7) is 1.10. The zero-order chi connectivity index (χ0) is 15.0. The zero-order valence-electron chi connectivity index (χ0n) is 11.9. The van der Waals surface area contributed by atoms with Crippen LogP contribution in [-0.2, 0) is 16.1 Å². The first-order valence-electron chi connectivity index (χ1n) is 7.20. The molecule has 1 N–H and O–H groups in total. The van der Waals surface area contributed by atoms with Crippen LogP contribution in [0.2, 0.25) is 0 Å². The molecule has 2 atom stereocenters. The number of carbonyl (C=O) groups excluding carboxylic acids is 1. The molecule has 0 radical (unpaired) electrons. The Morgan fingerprint density at radius 2 is 2.14 bits per heavy atom. The van der Waals surface area contributed by atoms with Crippen LogP contribution in [0, 0.1) is 17.8 Å². The van der Waals surface area contributed by atoms with E-state index in [-0.39, 0.29) is 24.1 Å². The Balaban J connectivity index is 1.71. The summed E-state index contributed by atoms with van der Waals surface area (Å²) in [6, 6.07) is 3.33. The summed E-state index contributed by atoms with van der Waals surface area (Å²) in [5.41, 5.74) is 0. The predicted molar refractivity (Wildman–Crippen MR) is 72.7 cm³/mol. The molecule has 1 saturated heterocycles. The summed E-state index contributed by atoms with van der Waals surface area (Å²) in [5, 5.41) is 9.33. The van der Waals surface area contributed by atoms with E-state index < -0.39 is 11.9 Å². The lowest BCUT2D eigenvalue weighted by molar-refractivity contribution is -0.142. The van der Waals surface area contributed by atoms with Crippen molar-refractivity contribution in [2.75, 3.05) is 20.2 Å². The van der Waals surface area contributed by atoms with Gasteiger partial charge < -0.3 is 19.2 Å². The van der Waals surface area contributed by atoms with Crippen LogP contribution in [-0.4, -0.2) is 42.1 Å². The van der Waals surface area contributed by atoms with Gasteiger partial charge in [-0.05, 0) is 36.8 Å². The Hall–Kier alpha value is -1.82. The molecule has 0 bridgehead atoms. The number of carbonyl (C=O) groups is 2. The zero-order valence-corrected chi connectivity index (χ0v) is 11.9. The maximum atomic E-state index is 12.4. The van der Waals surface area contributed by atoms with Crippen LogP contribution >= 0.6 is 0 Å². The number of carboxylic acid groups (broad SMARTS) is 1. The summed E-state index contributed by atoms with van der Waals surface area (Å²) >= 11 is 0. The van der Waals surface area contributed by atoms with E-state index in [1.165, 1.54) is 0 Å². The summed E-state index contributed by atoms with van der Waals surface area (Å²) in [7, 11) is 1.56. The predicted octanol–water partition coefficient (Wildman–Crippen LogP) is 1.61. The van der Waals surface area contributed by atoms with Crippen LogP contribution in [0.25, 0.3) is 0 Å². The molecular weight excluding hydrogens is 274 g/mol. The van der Waals surface area contributed by atoms with E-state index in [9.17, 15) is 14.7 Å².